The summed E-state index contributed by atoms with van der Waals surface area (Å²) in [4.78, 5) is 8.61. The van der Waals surface area contributed by atoms with Crippen LogP contribution in [0.15, 0.2) is 54.9 Å². The quantitative estimate of drug-likeness (QED) is 0.587. The Morgan fingerprint density at radius 3 is 2.32 bits per heavy atom. The summed E-state index contributed by atoms with van der Waals surface area (Å²) in [5, 5.41) is 14.0. The van der Waals surface area contributed by atoms with Crippen LogP contribution in [0.5, 0.6) is 0 Å². The average molecular weight is 404 g/mol. The predicted molar refractivity (Wildman–Crippen MR) is 108 cm³/mol. The Morgan fingerprint density at radius 1 is 1.00 bits per heavy atom. The van der Waals surface area contributed by atoms with Gasteiger partial charge in [-0.05, 0) is 31.3 Å². The van der Waals surface area contributed by atoms with E-state index in [0.29, 0.717) is 5.82 Å². The van der Waals surface area contributed by atoms with Crippen molar-refractivity contribution in [3.05, 3.63) is 60.7 Å². The minimum absolute atomic E-state index is 0. The molecule has 0 spiro atoms. The van der Waals surface area contributed by atoms with Crippen LogP contribution in [0.1, 0.15) is 11.9 Å². The van der Waals surface area contributed by atoms with Crippen LogP contribution < -0.4 is 10.6 Å². The zero-order chi connectivity index (χ0) is 15.2. The molecule has 1 atom stereocenters. The molecular formula is C16H21Cl3N6. The lowest BCUT2D eigenvalue weighted by Crippen LogP contribution is -2.24. The smallest absolute Gasteiger partial charge is 0.181 e. The molecule has 1 unspecified atom stereocenters. The number of H-pyrrole nitrogens is 1. The van der Waals surface area contributed by atoms with Crippen molar-refractivity contribution < 1.29 is 0 Å². The van der Waals surface area contributed by atoms with Crippen molar-refractivity contribution in [2.75, 3.05) is 18.9 Å². The fourth-order valence-electron chi connectivity index (χ4n) is 2.22. The molecule has 3 aromatic rings. The molecular weight excluding hydrogens is 383 g/mol. The van der Waals surface area contributed by atoms with E-state index in [0.717, 1.165) is 23.6 Å². The van der Waals surface area contributed by atoms with Crippen molar-refractivity contribution >= 4 is 42.9 Å². The van der Waals surface area contributed by atoms with Crippen LogP contribution in [0.25, 0.3) is 11.4 Å². The lowest BCUT2D eigenvalue weighted by Gasteiger charge is -2.17. The number of para-hydroxylation sites is 1. The van der Waals surface area contributed by atoms with E-state index in [1.54, 1.807) is 12.4 Å². The standard InChI is InChI=1S/C16H18N6.3ClH/c1-17-11-14(19-13-5-3-2-4-6-13)16-20-15(21-22-16)12-7-9-18-10-8-12;;;/h2-10,14,17,19H,11H2,1H3,(H,20,21,22);3*1H. The van der Waals surface area contributed by atoms with E-state index in [1.165, 1.54) is 0 Å². The maximum Gasteiger partial charge on any atom is 0.181 e. The summed E-state index contributed by atoms with van der Waals surface area (Å²) in [7, 11) is 1.92. The number of rotatable bonds is 6. The minimum Gasteiger partial charge on any atom is -0.374 e. The summed E-state index contributed by atoms with van der Waals surface area (Å²) in [5.74, 6) is 1.47. The summed E-state index contributed by atoms with van der Waals surface area (Å²) >= 11 is 0. The van der Waals surface area contributed by atoms with Crippen molar-refractivity contribution in [2.45, 2.75) is 6.04 Å². The second-order valence-electron chi connectivity index (χ2n) is 4.90. The van der Waals surface area contributed by atoms with Crippen molar-refractivity contribution in [3.8, 4) is 11.4 Å². The highest BCUT2D eigenvalue weighted by Crippen LogP contribution is 2.19. The monoisotopic (exact) mass is 402 g/mol. The van der Waals surface area contributed by atoms with Crippen LogP contribution in [0, 0.1) is 0 Å². The maximum atomic E-state index is 4.60. The van der Waals surface area contributed by atoms with Crippen LogP contribution in [0.2, 0.25) is 0 Å². The Hall–Kier alpha value is -1.86. The van der Waals surface area contributed by atoms with E-state index in [2.05, 4.69) is 30.8 Å². The van der Waals surface area contributed by atoms with Crippen molar-refractivity contribution in [2.24, 2.45) is 0 Å². The first-order valence-electron chi connectivity index (χ1n) is 7.15. The molecule has 2 aromatic heterocycles. The van der Waals surface area contributed by atoms with E-state index < -0.39 is 0 Å². The van der Waals surface area contributed by atoms with Gasteiger partial charge in [-0.3, -0.25) is 10.1 Å². The zero-order valence-corrected chi connectivity index (χ0v) is 16.0. The summed E-state index contributed by atoms with van der Waals surface area (Å²) < 4.78 is 0. The largest absolute Gasteiger partial charge is 0.374 e. The van der Waals surface area contributed by atoms with E-state index in [9.17, 15) is 0 Å². The van der Waals surface area contributed by atoms with Gasteiger partial charge in [0.2, 0.25) is 0 Å². The molecule has 25 heavy (non-hydrogen) atoms. The molecule has 0 saturated heterocycles. The number of nitrogens with one attached hydrogen (secondary N) is 3. The van der Waals surface area contributed by atoms with E-state index in [4.69, 9.17) is 0 Å². The van der Waals surface area contributed by atoms with E-state index >= 15 is 0 Å². The minimum atomic E-state index is 0. The molecule has 0 aliphatic heterocycles. The van der Waals surface area contributed by atoms with Gasteiger partial charge in [-0.25, -0.2) is 4.98 Å². The molecule has 0 bridgehead atoms. The number of hydrogen-bond donors (Lipinski definition) is 3. The molecule has 0 radical (unpaired) electrons. The summed E-state index contributed by atoms with van der Waals surface area (Å²) in [6, 6.07) is 13.9. The number of benzene rings is 1. The van der Waals surface area contributed by atoms with Gasteiger partial charge >= 0.3 is 0 Å². The van der Waals surface area contributed by atoms with Gasteiger partial charge in [-0.1, -0.05) is 18.2 Å². The molecule has 136 valence electrons. The van der Waals surface area contributed by atoms with Crippen LogP contribution in [0.4, 0.5) is 5.69 Å². The third kappa shape index (κ3) is 6.17. The molecule has 1 aromatic carbocycles. The predicted octanol–water partition coefficient (Wildman–Crippen LogP) is 3.50. The van der Waals surface area contributed by atoms with Gasteiger partial charge in [0, 0.05) is 30.2 Å². The fraction of sp³-hybridized carbons (Fsp3) is 0.188. The SMILES string of the molecule is CNCC(Nc1ccccc1)c1nc(-c2ccncc2)n[nH]1.Cl.Cl.Cl. The molecule has 3 rings (SSSR count). The summed E-state index contributed by atoms with van der Waals surface area (Å²) in [5.41, 5.74) is 1.99. The number of aromatic amines is 1. The van der Waals surface area contributed by atoms with E-state index in [-0.39, 0.29) is 43.3 Å². The highest BCUT2D eigenvalue weighted by Gasteiger charge is 2.16. The van der Waals surface area contributed by atoms with Gasteiger partial charge in [0.25, 0.3) is 0 Å². The number of nitrogens with zero attached hydrogens (tertiary/aromatic N) is 3. The lowest BCUT2D eigenvalue weighted by atomic mass is 10.2. The van der Waals surface area contributed by atoms with Gasteiger partial charge in [0.1, 0.15) is 5.82 Å². The Balaban J connectivity index is 0.00000192. The van der Waals surface area contributed by atoms with Crippen LogP contribution in [-0.4, -0.2) is 33.8 Å². The van der Waals surface area contributed by atoms with E-state index in [1.807, 2.05) is 49.5 Å². The topological polar surface area (TPSA) is 78.5 Å². The lowest BCUT2D eigenvalue weighted by molar-refractivity contribution is 0.655. The molecule has 6 nitrogen and oxygen atoms in total. The zero-order valence-electron chi connectivity index (χ0n) is 13.5. The fourth-order valence-corrected chi connectivity index (χ4v) is 2.22. The van der Waals surface area contributed by atoms with Gasteiger partial charge < -0.3 is 10.6 Å². The van der Waals surface area contributed by atoms with Crippen LogP contribution in [0.3, 0.4) is 0 Å². The average Bonchev–Trinajstić information content (AvgIpc) is 3.06. The van der Waals surface area contributed by atoms with Gasteiger partial charge in [0.15, 0.2) is 5.82 Å². The molecule has 0 aliphatic carbocycles. The molecule has 0 saturated carbocycles. The second kappa shape index (κ2) is 11.7. The third-order valence-electron chi connectivity index (χ3n) is 3.29. The molecule has 0 fully saturated rings. The first kappa shape index (κ1) is 23.1. The number of halogens is 3. The first-order valence-corrected chi connectivity index (χ1v) is 7.15. The Bertz CT molecular complexity index is 708. The van der Waals surface area contributed by atoms with Crippen LogP contribution >= 0.6 is 37.2 Å². The third-order valence-corrected chi connectivity index (χ3v) is 3.29. The number of likely N-dealkylation sites (N-methyl/N-ethyl adjacent to an activating group) is 1. The molecule has 3 N–H and O–H groups in total. The molecule has 0 aliphatic rings. The van der Waals surface area contributed by atoms with Crippen molar-refractivity contribution in [3.63, 3.8) is 0 Å². The molecule has 9 heteroatoms. The normalized spacial score (nSPS) is 10.6. The first-order chi connectivity index (χ1) is 10.9. The number of hydrogen-bond acceptors (Lipinski definition) is 5. The highest BCUT2D eigenvalue weighted by atomic mass is 35.5. The highest BCUT2D eigenvalue weighted by molar-refractivity contribution is 5.86. The number of pyridine rings is 1. The number of aromatic nitrogens is 4. The second-order valence-corrected chi connectivity index (χ2v) is 4.90. The Kier molecular flexibility index (Phi) is 10.8. The maximum absolute atomic E-state index is 4.60. The van der Waals surface area contributed by atoms with Crippen LogP contribution in [-0.2, 0) is 0 Å². The van der Waals surface area contributed by atoms with Crippen molar-refractivity contribution in [1.29, 1.82) is 0 Å². The van der Waals surface area contributed by atoms with Gasteiger partial charge in [-0.2, -0.15) is 5.10 Å². The Morgan fingerprint density at radius 2 is 1.68 bits per heavy atom. The van der Waals surface area contributed by atoms with Gasteiger partial charge in [-0.15, -0.1) is 37.2 Å². The van der Waals surface area contributed by atoms with Gasteiger partial charge in [0.05, 0.1) is 6.04 Å². The summed E-state index contributed by atoms with van der Waals surface area (Å²) in [6.07, 6.45) is 3.47. The number of anilines is 1. The Labute approximate surface area is 165 Å². The molecule has 2 heterocycles. The summed E-state index contributed by atoms with van der Waals surface area (Å²) in [6.45, 7) is 0.736. The molecule has 0 amide bonds. The van der Waals surface area contributed by atoms with Crippen molar-refractivity contribution in [1.82, 2.24) is 25.5 Å².